The summed E-state index contributed by atoms with van der Waals surface area (Å²) in [6.45, 7) is 1.66. The maximum Gasteiger partial charge on any atom is 0.417 e. The van der Waals surface area contributed by atoms with E-state index in [1.54, 1.807) is 49.4 Å². The largest absolute Gasteiger partial charge is 0.478 e. The number of hydrogen-bond acceptors (Lipinski definition) is 3. The lowest BCUT2D eigenvalue weighted by molar-refractivity contribution is 0.0697. The highest BCUT2D eigenvalue weighted by Crippen LogP contribution is 2.20. The van der Waals surface area contributed by atoms with Crippen molar-refractivity contribution >= 4 is 17.7 Å². The molecule has 2 aromatic carbocycles. The monoisotopic (exact) mass is 271 g/mol. The van der Waals surface area contributed by atoms with Gasteiger partial charge in [-0.3, -0.25) is 5.32 Å². The van der Waals surface area contributed by atoms with Gasteiger partial charge in [-0.2, -0.15) is 0 Å². The van der Waals surface area contributed by atoms with Crippen LogP contribution in [0.25, 0.3) is 0 Å². The lowest BCUT2D eigenvalue weighted by Gasteiger charge is -2.10. The van der Waals surface area contributed by atoms with Gasteiger partial charge in [0, 0.05) is 0 Å². The highest BCUT2D eigenvalue weighted by Gasteiger charge is 2.15. The number of carbonyl (C=O) groups excluding carboxylic acids is 1. The molecule has 2 aromatic rings. The standard InChI is InChI=1S/C15H13NO4/c1-10-6-5-9-12(13(10)14(17)18)16-15(19)20-11-7-3-2-4-8-11/h2-9H,1H3,(H,16,19)(H,17,18). The molecular weight excluding hydrogens is 258 g/mol. The topological polar surface area (TPSA) is 75.6 Å². The van der Waals surface area contributed by atoms with Gasteiger partial charge in [0.25, 0.3) is 0 Å². The Balaban J connectivity index is 2.16. The summed E-state index contributed by atoms with van der Waals surface area (Å²) in [4.78, 5) is 22.9. The fourth-order valence-electron chi connectivity index (χ4n) is 1.79. The molecule has 102 valence electrons. The molecule has 5 nitrogen and oxygen atoms in total. The second-order valence-electron chi connectivity index (χ2n) is 4.13. The van der Waals surface area contributed by atoms with Crippen LogP contribution >= 0.6 is 0 Å². The molecule has 0 saturated carbocycles. The van der Waals surface area contributed by atoms with Gasteiger partial charge in [-0.15, -0.1) is 0 Å². The normalized spacial score (nSPS) is 9.85. The van der Waals surface area contributed by atoms with E-state index in [0.29, 0.717) is 11.3 Å². The smallest absolute Gasteiger partial charge is 0.417 e. The molecule has 1 amide bonds. The van der Waals surface area contributed by atoms with Gasteiger partial charge in [0.15, 0.2) is 0 Å². The molecule has 0 aliphatic carbocycles. The van der Waals surface area contributed by atoms with Crippen molar-refractivity contribution in [3.63, 3.8) is 0 Å². The average Bonchev–Trinajstić information content (AvgIpc) is 2.39. The predicted molar refractivity (Wildman–Crippen MR) is 74.2 cm³/mol. The molecule has 0 aromatic heterocycles. The van der Waals surface area contributed by atoms with E-state index in [1.807, 2.05) is 0 Å². The van der Waals surface area contributed by atoms with Crippen molar-refractivity contribution in [2.45, 2.75) is 6.92 Å². The van der Waals surface area contributed by atoms with Crippen LogP contribution in [-0.4, -0.2) is 17.2 Å². The number of para-hydroxylation sites is 1. The van der Waals surface area contributed by atoms with E-state index in [0.717, 1.165) is 0 Å². The minimum atomic E-state index is -1.10. The minimum Gasteiger partial charge on any atom is -0.478 e. The van der Waals surface area contributed by atoms with Crippen LogP contribution in [0.15, 0.2) is 48.5 Å². The molecule has 0 saturated heterocycles. The number of carboxylic acids is 1. The third kappa shape index (κ3) is 3.14. The third-order valence-electron chi connectivity index (χ3n) is 2.68. The van der Waals surface area contributed by atoms with Crippen molar-refractivity contribution in [2.75, 3.05) is 5.32 Å². The maximum absolute atomic E-state index is 11.7. The van der Waals surface area contributed by atoms with Crippen LogP contribution in [0.1, 0.15) is 15.9 Å². The van der Waals surface area contributed by atoms with Crippen molar-refractivity contribution < 1.29 is 19.4 Å². The molecular formula is C15H13NO4. The molecule has 0 radical (unpaired) electrons. The summed E-state index contributed by atoms with van der Waals surface area (Å²) in [5, 5.41) is 11.6. The van der Waals surface area contributed by atoms with Crippen LogP contribution in [0.5, 0.6) is 5.75 Å². The lowest BCUT2D eigenvalue weighted by Crippen LogP contribution is -2.19. The second-order valence-corrected chi connectivity index (χ2v) is 4.13. The average molecular weight is 271 g/mol. The van der Waals surface area contributed by atoms with E-state index >= 15 is 0 Å². The van der Waals surface area contributed by atoms with Crippen molar-refractivity contribution in [1.82, 2.24) is 0 Å². The first kappa shape index (κ1) is 13.6. The fraction of sp³-hybridized carbons (Fsp3) is 0.0667. The Morgan fingerprint density at radius 1 is 1.05 bits per heavy atom. The van der Waals surface area contributed by atoms with Crippen LogP contribution in [-0.2, 0) is 0 Å². The van der Waals surface area contributed by atoms with E-state index in [4.69, 9.17) is 9.84 Å². The maximum atomic E-state index is 11.7. The van der Waals surface area contributed by atoms with Gasteiger partial charge in [-0.1, -0.05) is 30.3 Å². The molecule has 20 heavy (non-hydrogen) atoms. The first-order chi connectivity index (χ1) is 9.58. The number of nitrogens with one attached hydrogen (secondary N) is 1. The van der Waals surface area contributed by atoms with Crippen molar-refractivity contribution in [3.8, 4) is 5.75 Å². The summed E-state index contributed by atoms with van der Waals surface area (Å²) < 4.78 is 5.05. The number of ether oxygens (including phenoxy) is 1. The number of aromatic carboxylic acids is 1. The summed E-state index contributed by atoms with van der Waals surface area (Å²) in [5.41, 5.74) is 0.825. The second kappa shape index (κ2) is 5.88. The number of aryl methyl sites for hydroxylation is 1. The zero-order valence-corrected chi connectivity index (χ0v) is 10.8. The molecule has 2 rings (SSSR count). The Bertz CT molecular complexity index is 638. The molecule has 0 atom stereocenters. The summed E-state index contributed by atoms with van der Waals surface area (Å²) >= 11 is 0. The van der Waals surface area contributed by atoms with Crippen molar-refractivity contribution in [3.05, 3.63) is 59.7 Å². The molecule has 0 fully saturated rings. The molecule has 0 heterocycles. The van der Waals surface area contributed by atoms with Crippen molar-refractivity contribution in [2.24, 2.45) is 0 Å². The van der Waals surface area contributed by atoms with E-state index in [1.165, 1.54) is 6.07 Å². The minimum absolute atomic E-state index is 0.0533. The highest BCUT2D eigenvalue weighted by molar-refractivity contribution is 6.00. The number of rotatable bonds is 3. The van der Waals surface area contributed by atoms with E-state index in [2.05, 4.69) is 5.32 Å². The Labute approximate surface area is 115 Å². The van der Waals surface area contributed by atoms with Crippen molar-refractivity contribution in [1.29, 1.82) is 0 Å². The van der Waals surface area contributed by atoms with Gasteiger partial charge in [0.1, 0.15) is 5.75 Å². The Hall–Kier alpha value is -2.82. The number of hydrogen-bond donors (Lipinski definition) is 2. The first-order valence-corrected chi connectivity index (χ1v) is 5.94. The molecule has 5 heteroatoms. The van der Waals surface area contributed by atoms with E-state index in [9.17, 15) is 9.59 Å². The Morgan fingerprint density at radius 3 is 2.40 bits per heavy atom. The number of benzene rings is 2. The Morgan fingerprint density at radius 2 is 1.75 bits per heavy atom. The zero-order chi connectivity index (χ0) is 14.5. The lowest BCUT2D eigenvalue weighted by atomic mass is 10.1. The summed E-state index contributed by atoms with van der Waals surface area (Å²) in [6, 6.07) is 13.4. The van der Waals surface area contributed by atoms with Gasteiger partial charge >= 0.3 is 12.1 Å². The summed E-state index contributed by atoms with van der Waals surface area (Å²) in [6.07, 6.45) is -0.732. The summed E-state index contributed by atoms with van der Waals surface area (Å²) in [5.74, 6) is -0.715. The first-order valence-electron chi connectivity index (χ1n) is 5.94. The molecule has 0 bridgehead atoms. The van der Waals surface area contributed by atoms with Gasteiger partial charge in [0.05, 0.1) is 11.3 Å². The van der Waals surface area contributed by atoms with Gasteiger partial charge < -0.3 is 9.84 Å². The van der Waals surface area contributed by atoms with Gasteiger partial charge in [-0.05, 0) is 30.7 Å². The van der Waals surface area contributed by atoms with Crippen LogP contribution in [0.4, 0.5) is 10.5 Å². The number of amides is 1. The Kier molecular flexibility index (Phi) is 4.00. The third-order valence-corrected chi connectivity index (χ3v) is 2.68. The molecule has 2 N–H and O–H groups in total. The molecule has 0 unspecified atom stereocenters. The number of anilines is 1. The highest BCUT2D eigenvalue weighted by atomic mass is 16.6. The quantitative estimate of drug-likeness (QED) is 0.898. The molecule has 0 aliphatic rings. The van der Waals surface area contributed by atoms with Gasteiger partial charge in [-0.25, -0.2) is 9.59 Å². The molecule has 0 spiro atoms. The summed E-state index contributed by atoms with van der Waals surface area (Å²) in [7, 11) is 0. The predicted octanol–water partition coefficient (Wildman–Crippen LogP) is 3.30. The van der Waals surface area contributed by atoms with Crippen LogP contribution in [0.2, 0.25) is 0 Å². The number of carboxylic acid groups (broad SMARTS) is 1. The van der Waals surface area contributed by atoms with E-state index in [-0.39, 0.29) is 11.3 Å². The van der Waals surface area contributed by atoms with E-state index < -0.39 is 12.1 Å². The zero-order valence-electron chi connectivity index (χ0n) is 10.8. The van der Waals surface area contributed by atoms with Crippen LogP contribution in [0, 0.1) is 6.92 Å². The van der Waals surface area contributed by atoms with Gasteiger partial charge in [0.2, 0.25) is 0 Å². The van der Waals surface area contributed by atoms with Crippen LogP contribution in [0.3, 0.4) is 0 Å². The fourth-order valence-corrected chi connectivity index (χ4v) is 1.79. The molecule has 0 aliphatic heterocycles. The van der Waals surface area contributed by atoms with Crippen LogP contribution < -0.4 is 10.1 Å². The SMILES string of the molecule is Cc1cccc(NC(=O)Oc2ccccc2)c1C(=O)O. The number of carbonyl (C=O) groups is 2.